The van der Waals surface area contributed by atoms with Gasteiger partial charge >= 0.3 is 0 Å². The molecule has 1 heterocycles. The van der Waals surface area contributed by atoms with Gasteiger partial charge < -0.3 is 0 Å². The Morgan fingerprint density at radius 1 is 1.46 bits per heavy atom. The predicted octanol–water partition coefficient (Wildman–Crippen LogP) is 3.32. The van der Waals surface area contributed by atoms with Gasteiger partial charge in [0.1, 0.15) is 0 Å². The highest BCUT2D eigenvalue weighted by molar-refractivity contribution is 4.86. The highest BCUT2D eigenvalue weighted by Gasteiger charge is 2.18. The van der Waals surface area contributed by atoms with Gasteiger partial charge in [-0.05, 0) is 32.2 Å². The molecule has 1 rings (SSSR count). The molecule has 78 valence electrons. The molecule has 1 aliphatic heterocycles. The lowest BCUT2D eigenvalue weighted by atomic mass is 9.99. The highest BCUT2D eigenvalue weighted by atomic mass is 15.2. The summed E-state index contributed by atoms with van der Waals surface area (Å²) in [6.45, 7) is 14.9. The molecule has 0 aromatic carbocycles. The molecule has 0 amide bonds. The minimum absolute atomic E-state index is 0.567. The van der Waals surface area contributed by atoms with E-state index in [-0.39, 0.29) is 0 Å². The highest BCUT2D eigenvalue weighted by Crippen LogP contribution is 2.17. The van der Waals surface area contributed by atoms with Crippen LogP contribution in [0.15, 0.2) is 12.7 Å². The third-order valence-corrected chi connectivity index (χ3v) is 2.61. The maximum absolute atomic E-state index is 3.82. The van der Waals surface area contributed by atoms with Gasteiger partial charge in [0.15, 0.2) is 0 Å². The van der Waals surface area contributed by atoms with Crippen LogP contribution in [0.1, 0.15) is 40.5 Å². The molecule has 1 aliphatic rings. The lowest BCUT2D eigenvalue weighted by Gasteiger charge is -2.34. The van der Waals surface area contributed by atoms with E-state index in [0.717, 1.165) is 5.92 Å². The van der Waals surface area contributed by atoms with E-state index in [1.807, 2.05) is 19.9 Å². The molecule has 0 N–H and O–H groups in total. The van der Waals surface area contributed by atoms with Crippen LogP contribution in [0, 0.1) is 5.92 Å². The first-order valence-electron chi connectivity index (χ1n) is 5.60. The minimum atomic E-state index is 0.567. The van der Waals surface area contributed by atoms with Gasteiger partial charge in [-0.3, -0.25) is 4.90 Å². The van der Waals surface area contributed by atoms with Gasteiger partial charge in [0, 0.05) is 12.6 Å². The van der Waals surface area contributed by atoms with Gasteiger partial charge in [-0.2, -0.15) is 0 Å². The van der Waals surface area contributed by atoms with Crippen LogP contribution in [0.25, 0.3) is 0 Å². The quantitative estimate of drug-likeness (QED) is 0.594. The molecule has 2 unspecified atom stereocenters. The predicted molar refractivity (Wildman–Crippen MR) is 61.0 cm³/mol. The summed E-state index contributed by atoms with van der Waals surface area (Å²) in [7, 11) is 0. The van der Waals surface area contributed by atoms with Crippen molar-refractivity contribution in [3.63, 3.8) is 0 Å². The zero-order valence-electron chi connectivity index (χ0n) is 9.71. The van der Waals surface area contributed by atoms with E-state index in [4.69, 9.17) is 0 Å². The molecular weight excluding hydrogens is 158 g/mol. The average Bonchev–Trinajstić information content (AvgIpc) is 2.20. The number of hydrogen-bond acceptors (Lipinski definition) is 1. The van der Waals surface area contributed by atoms with E-state index in [2.05, 4.69) is 25.3 Å². The number of hydrogen-bond donors (Lipinski definition) is 0. The molecule has 0 aromatic heterocycles. The van der Waals surface area contributed by atoms with Gasteiger partial charge in [0.2, 0.25) is 0 Å². The first-order valence-corrected chi connectivity index (χ1v) is 5.60. The first kappa shape index (κ1) is 12.7. The topological polar surface area (TPSA) is 3.24 Å². The number of likely N-dealkylation sites (tertiary alicyclic amines) is 1. The molecule has 0 aromatic rings. The molecule has 0 saturated carbocycles. The first-order chi connectivity index (χ1) is 6.24. The Bertz CT molecular complexity index is 131. The van der Waals surface area contributed by atoms with E-state index < -0.39 is 0 Å². The molecular formula is C12H25N. The molecule has 0 radical (unpaired) electrons. The normalized spacial score (nSPS) is 25.7. The summed E-state index contributed by atoms with van der Waals surface area (Å²) < 4.78 is 0. The fourth-order valence-electron chi connectivity index (χ4n) is 1.74. The molecule has 0 spiro atoms. The van der Waals surface area contributed by atoms with E-state index in [9.17, 15) is 0 Å². The minimum Gasteiger partial charge on any atom is -0.297 e. The van der Waals surface area contributed by atoms with E-state index in [1.54, 1.807) is 0 Å². The summed E-state index contributed by atoms with van der Waals surface area (Å²) in [5.41, 5.74) is 0. The van der Waals surface area contributed by atoms with E-state index >= 15 is 0 Å². The van der Waals surface area contributed by atoms with Crippen molar-refractivity contribution >= 4 is 0 Å². The second-order valence-corrected chi connectivity index (χ2v) is 3.72. The number of nitrogens with zero attached hydrogens (tertiary/aromatic N) is 1. The third kappa shape index (κ3) is 4.47. The van der Waals surface area contributed by atoms with Crippen LogP contribution >= 0.6 is 0 Å². The second kappa shape index (κ2) is 7.14. The molecule has 2 atom stereocenters. The van der Waals surface area contributed by atoms with Gasteiger partial charge in [-0.1, -0.05) is 26.8 Å². The van der Waals surface area contributed by atoms with Gasteiger partial charge in [0.25, 0.3) is 0 Å². The smallest absolute Gasteiger partial charge is 0.0247 e. The summed E-state index contributed by atoms with van der Waals surface area (Å²) in [6.07, 6.45) is 4.80. The van der Waals surface area contributed by atoms with Crippen molar-refractivity contribution in [1.82, 2.24) is 4.90 Å². The second-order valence-electron chi connectivity index (χ2n) is 3.72. The molecule has 1 nitrogen and oxygen atoms in total. The lowest BCUT2D eigenvalue weighted by molar-refractivity contribution is 0.161. The monoisotopic (exact) mass is 183 g/mol. The molecule has 1 fully saturated rings. The summed E-state index contributed by atoms with van der Waals surface area (Å²) in [4.78, 5) is 2.52. The molecule has 13 heavy (non-hydrogen) atoms. The molecule has 1 heteroatoms. The Labute approximate surface area is 83.8 Å². The fourth-order valence-corrected chi connectivity index (χ4v) is 1.74. The van der Waals surface area contributed by atoms with Crippen molar-refractivity contribution in [3.05, 3.63) is 12.7 Å². The maximum atomic E-state index is 3.82. The SMILES string of the molecule is C=CC(C)N1CCCC(C)C1.CC. The molecule has 1 saturated heterocycles. The summed E-state index contributed by atoms with van der Waals surface area (Å²) in [6, 6.07) is 0.567. The van der Waals surface area contributed by atoms with Crippen molar-refractivity contribution in [1.29, 1.82) is 0 Å². The zero-order valence-corrected chi connectivity index (χ0v) is 9.71. The Morgan fingerprint density at radius 2 is 2.08 bits per heavy atom. The summed E-state index contributed by atoms with van der Waals surface area (Å²) in [5.74, 6) is 0.881. The summed E-state index contributed by atoms with van der Waals surface area (Å²) >= 11 is 0. The fraction of sp³-hybridized carbons (Fsp3) is 0.833. The van der Waals surface area contributed by atoms with Crippen molar-refractivity contribution in [3.8, 4) is 0 Å². The Balaban J connectivity index is 0.000000671. The largest absolute Gasteiger partial charge is 0.297 e. The van der Waals surface area contributed by atoms with Crippen molar-refractivity contribution in [2.45, 2.75) is 46.6 Å². The van der Waals surface area contributed by atoms with Crippen LogP contribution in [0.2, 0.25) is 0 Å². The van der Waals surface area contributed by atoms with Crippen molar-refractivity contribution in [2.24, 2.45) is 5.92 Å². The number of piperidine rings is 1. The Hall–Kier alpha value is -0.300. The van der Waals surface area contributed by atoms with Gasteiger partial charge in [-0.15, -0.1) is 6.58 Å². The Morgan fingerprint density at radius 3 is 2.54 bits per heavy atom. The van der Waals surface area contributed by atoms with Crippen molar-refractivity contribution in [2.75, 3.05) is 13.1 Å². The van der Waals surface area contributed by atoms with Crippen LogP contribution in [0.4, 0.5) is 0 Å². The lowest BCUT2D eigenvalue weighted by Crippen LogP contribution is -2.39. The van der Waals surface area contributed by atoms with E-state index in [0.29, 0.717) is 6.04 Å². The zero-order chi connectivity index (χ0) is 10.3. The maximum Gasteiger partial charge on any atom is 0.0247 e. The standard InChI is InChI=1S/C10H19N.C2H6/c1-4-10(3)11-7-5-6-9(2)8-11;1-2/h4,9-10H,1,5-8H2,2-3H3;1-2H3. The molecule has 0 bridgehead atoms. The van der Waals surface area contributed by atoms with E-state index in [1.165, 1.54) is 25.9 Å². The van der Waals surface area contributed by atoms with Crippen LogP contribution in [-0.4, -0.2) is 24.0 Å². The molecule has 0 aliphatic carbocycles. The van der Waals surface area contributed by atoms with Crippen LogP contribution in [-0.2, 0) is 0 Å². The van der Waals surface area contributed by atoms with Crippen LogP contribution in [0.5, 0.6) is 0 Å². The summed E-state index contributed by atoms with van der Waals surface area (Å²) in [5, 5.41) is 0. The van der Waals surface area contributed by atoms with Gasteiger partial charge in [0.05, 0.1) is 0 Å². The average molecular weight is 183 g/mol. The van der Waals surface area contributed by atoms with Crippen LogP contribution < -0.4 is 0 Å². The number of rotatable bonds is 2. The van der Waals surface area contributed by atoms with Crippen molar-refractivity contribution < 1.29 is 0 Å². The van der Waals surface area contributed by atoms with Crippen LogP contribution in [0.3, 0.4) is 0 Å². The third-order valence-electron chi connectivity index (χ3n) is 2.61. The Kier molecular flexibility index (Phi) is 6.97. The van der Waals surface area contributed by atoms with Gasteiger partial charge in [-0.25, -0.2) is 0 Å².